The topological polar surface area (TPSA) is 191 Å². The Labute approximate surface area is 193 Å². The normalized spacial score (nSPS) is 10.4. The monoisotopic (exact) mass is 466 g/mol. The molecule has 0 unspecified atom stereocenters. The average Bonchev–Trinajstić information content (AvgIpc) is 3.45. The second kappa shape index (κ2) is 9.74. The molecule has 0 atom stereocenters. The van der Waals surface area contributed by atoms with E-state index >= 15 is 0 Å². The van der Waals surface area contributed by atoms with Crippen LogP contribution < -0.4 is 16.0 Å². The molecule has 0 spiro atoms. The first kappa shape index (κ1) is 23.8. The second-order valence-electron chi connectivity index (χ2n) is 7.43. The Hall–Kier alpha value is -4.86. The molecule has 0 aliphatic heterocycles. The van der Waals surface area contributed by atoms with E-state index in [1.165, 1.54) is 19.2 Å². The summed E-state index contributed by atoms with van der Waals surface area (Å²) < 4.78 is 1.54. The number of nitrogens with zero attached hydrogens (tertiary/aromatic N) is 3. The van der Waals surface area contributed by atoms with Crippen molar-refractivity contribution in [2.24, 2.45) is 7.05 Å². The molecule has 176 valence electrons. The van der Waals surface area contributed by atoms with E-state index in [4.69, 9.17) is 5.26 Å². The Morgan fingerprint density at radius 3 is 2.38 bits per heavy atom. The predicted molar refractivity (Wildman–Crippen MR) is 122 cm³/mol. The summed E-state index contributed by atoms with van der Waals surface area (Å²) in [6.07, 6.45) is 4.34. The van der Waals surface area contributed by atoms with Gasteiger partial charge in [0.05, 0.1) is 40.5 Å². The Morgan fingerprint density at radius 2 is 1.74 bits per heavy atom. The van der Waals surface area contributed by atoms with Crippen LogP contribution in [-0.4, -0.2) is 43.7 Å². The van der Waals surface area contributed by atoms with Gasteiger partial charge in [-0.05, 0) is 19.9 Å². The van der Waals surface area contributed by atoms with Crippen LogP contribution in [0.25, 0.3) is 0 Å². The third-order valence-electron chi connectivity index (χ3n) is 5.17. The molecular weight excluding hydrogens is 444 g/mol. The molecule has 13 nitrogen and oxygen atoms in total. The molecule has 5 N–H and O–H groups in total. The van der Waals surface area contributed by atoms with Crippen LogP contribution >= 0.6 is 0 Å². The fourth-order valence-electron chi connectivity index (χ4n) is 3.33. The first-order valence-corrected chi connectivity index (χ1v) is 10.1. The number of nitro groups is 1. The molecule has 0 fully saturated rings. The summed E-state index contributed by atoms with van der Waals surface area (Å²) in [5.41, 5.74) is 1.71. The number of aryl methyl sites for hydroxylation is 1. The molecule has 0 aliphatic carbocycles. The van der Waals surface area contributed by atoms with Crippen molar-refractivity contribution in [3.05, 3.63) is 63.0 Å². The highest BCUT2D eigenvalue weighted by Crippen LogP contribution is 2.24. The number of carbonyl (C=O) groups is 3. The molecule has 0 radical (unpaired) electrons. The summed E-state index contributed by atoms with van der Waals surface area (Å²) in [5.74, 6) is -1.46. The van der Waals surface area contributed by atoms with Crippen LogP contribution in [0.15, 0.2) is 24.7 Å². The van der Waals surface area contributed by atoms with Gasteiger partial charge in [0.2, 0.25) is 0 Å². The zero-order valence-corrected chi connectivity index (χ0v) is 18.6. The molecular formula is C21H22N8O5. The SMILES string of the molecule is Cc1c(NC(=O)c2[nH]cc([N+](=O)[O-])c2C)c[nH]c1C(=O)Nc1cc(C(=O)NCCC#N)n(C)c1. The quantitative estimate of drug-likeness (QED) is 0.192. The molecule has 3 rings (SSSR count). The maximum absolute atomic E-state index is 12.8. The molecule has 0 saturated carbocycles. The van der Waals surface area contributed by atoms with Crippen LogP contribution in [0.2, 0.25) is 0 Å². The van der Waals surface area contributed by atoms with Crippen LogP contribution in [0, 0.1) is 35.3 Å². The minimum atomic E-state index is -0.588. The van der Waals surface area contributed by atoms with Crippen molar-refractivity contribution >= 4 is 34.8 Å². The predicted octanol–water partition coefficient (Wildman–Crippen LogP) is 2.35. The van der Waals surface area contributed by atoms with Gasteiger partial charge in [-0.2, -0.15) is 5.26 Å². The van der Waals surface area contributed by atoms with E-state index in [-0.39, 0.29) is 41.5 Å². The van der Waals surface area contributed by atoms with Crippen molar-refractivity contribution in [3.8, 4) is 6.07 Å². The van der Waals surface area contributed by atoms with Gasteiger partial charge in [-0.15, -0.1) is 0 Å². The summed E-state index contributed by atoms with van der Waals surface area (Å²) in [6, 6.07) is 3.44. The molecule has 0 bridgehead atoms. The fraction of sp³-hybridized carbons (Fsp3) is 0.238. The molecule has 0 saturated heterocycles. The highest BCUT2D eigenvalue weighted by Gasteiger charge is 2.23. The van der Waals surface area contributed by atoms with E-state index in [2.05, 4.69) is 25.9 Å². The Kier molecular flexibility index (Phi) is 6.81. The van der Waals surface area contributed by atoms with Crippen LogP contribution in [0.1, 0.15) is 49.0 Å². The Balaban J connectivity index is 1.70. The number of nitrogens with one attached hydrogen (secondary N) is 5. The van der Waals surface area contributed by atoms with Gasteiger partial charge in [-0.3, -0.25) is 24.5 Å². The Morgan fingerprint density at radius 1 is 1.09 bits per heavy atom. The van der Waals surface area contributed by atoms with Gasteiger partial charge >= 0.3 is 0 Å². The van der Waals surface area contributed by atoms with E-state index in [9.17, 15) is 24.5 Å². The maximum Gasteiger partial charge on any atom is 0.290 e. The molecule has 3 amide bonds. The minimum absolute atomic E-state index is 0.0446. The smallest absolute Gasteiger partial charge is 0.290 e. The van der Waals surface area contributed by atoms with E-state index < -0.39 is 16.7 Å². The lowest BCUT2D eigenvalue weighted by atomic mass is 10.2. The van der Waals surface area contributed by atoms with Gasteiger partial charge in [0.1, 0.15) is 17.1 Å². The van der Waals surface area contributed by atoms with Gasteiger partial charge in [-0.25, -0.2) is 0 Å². The molecule has 3 aromatic rings. The van der Waals surface area contributed by atoms with Gasteiger partial charge < -0.3 is 30.5 Å². The number of aromatic amines is 2. The van der Waals surface area contributed by atoms with E-state index in [1.54, 1.807) is 24.7 Å². The summed E-state index contributed by atoms with van der Waals surface area (Å²) >= 11 is 0. The third-order valence-corrected chi connectivity index (χ3v) is 5.17. The van der Waals surface area contributed by atoms with Gasteiger partial charge in [0.15, 0.2) is 0 Å². The minimum Gasteiger partial charge on any atom is -0.355 e. The lowest BCUT2D eigenvalue weighted by Crippen LogP contribution is -2.25. The number of amides is 3. The summed E-state index contributed by atoms with van der Waals surface area (Å²) in [5, 5.41) is 27.5. The van der Waals surface area contributed by atoms with Gasteiger partial charge in [0, 0.05) is 31.5 Å². The second-order valence-corrected chi connectivity index (χ2v) is 7.43. The van der Waals surface area contributed by atoms with Crippen molar-refractivity contribution < 1.29 is 19.3 Å². The lowest BCUT2D eigenvalue weighted by molar-refractivity contribution is -0.385. The number of nitriles is 1. The lowest BCUT2D eigenvalue weighted by Gasteiger charge is -2.05. The van der Waals surface area contributed by atoms with E-state index in [0.29, 0.717) is 22.6 Å². The number of hydrogen-bond acceptors (Lipinski definition) is 6. The van der Waals surface area contributed by atoms with Crippen LogP contribution in [0.5, 0.6) is 0 Å². The summed E-state index contributed by atoms with van der Waals surface area (Å²) in [7, 11) is 1.65. The number of carbonyl (C=O) groups excluding carboxylic acids is 3. The Bertz CT molecular complexity index is 1320. The highest BCUT2D eigenvalue weighted by atomic mass is 16.6. The van der Waals surface area contributed by atoms with E-state index in [1.807, 2.05) is 6.07 Å². The highest BCUT2D eigenvalue weighted by molar-refractivity contribution is 6.08. The molecule has 3 aromatic heterocycles. The number of H-pyrrole nitrogens is 2. The first-order valence-electron chi connectivity index (χ1n) is 10.1. The van der Waals surface area contributed by atoms with Crippen molar-refractivity contribution in [1.82, 2.24) is 19.9 Å². The first-order chi connectivity index (χ1) is 16.1. The van der Waals surface area contributed by atoms with Gasteiger partial charge in [0.25, 0.3) is 23.4 Å². The average molecular weight is 466 g/mol. The maximum atomic E-state index is 12.8. The third kappa shape index (κ3) is 4.80. The van der Waals surface area contributed by atoms with Crippen LogP contribution in [0.4, 0.5) is 17.1 Å². The van der Waals surface area contributed by atoms with Crippen molar-refractivity contribution in [2.45, 2.75) is 20.3 Å². The molecule has 13 heteroatoms. The standard InChI is InChI=1S/C21H22N8O5/c1-11-14(27-21(32)18-12(2)16(9-25-18)29(33)34)8-24-17(11)20(31)26-13-7-15(28(3)10-13)19(30)23-6-4-5-22/h7-10,24-25H,4,6H2,1-3H3,(H,23,30)(H,26,31)(H,27,32). The van der Waals surface area contributed by atoms with E-state index in [0.717, 1.165) is 6.20 Å². The van der Waals surface area contributed by atoms with Gasteiger partial charge in [-0.1, -0.05) is 0 Å². The molecule has 3 heterocycles. The number of aromatic nitrogens is 3. The number of hydrogen-bond donors (Lipinski definition) is 5. The molecule has 34 heavy (non-hydrogen) atoms. The zero-order valence-electron chi connectivity index (χ0n) is 18.6. The summed E-state index contributed by atoms with van der Waals surface area (Å²) in [6.45, 7) is 3.31. The summed E-state index contributed by atoms with van der Waals surface area (Å²) in [4.78, 5) is 53.3. The fourth-order valence-corrected chi connectivity index (χ4v) is 3.33. The largest absolute Gasteiger partial charge is 0.355 e. The van der Waals surface area contributed by atoms with Crippen molar-refractivity contribution in [1.29, 1.82) is 5.26 Å². The molecule has 0 aromatic carbocycles. The number of anilines is 2. The zero-order chi connectivity index (χ0) is 25.0. The van der Waals surface area contributed by atoms with Crippen molar-refractivity contribution in [3.63, 3.8) is 0 Å². The number of rotatable bonds is 8. The van der Waals surface area contributed by atoms with Crippen LogP contribution in [-0.2, 0) is 7.05 Å². The van der Waals surface area contributed by atoms with Crippen molar-refractivity contribution in [2.75, 3.05) is 17.2 Å². The van der Waals surface area contributed by atoms with Crippen LogP contribution in [0.3, 0.4) is 0 Å². The molecule has 0 aliphatic rings.